The largest absolute Gasteiger partial charge is 0.327 e. The summed E-state index contributed by atoms with van der Waals surface area (Å²) in [5, 5.41) is 0. The van der Waals surface area contributed by atoms with Crippen LogP contribution in [0, 0.1) is 0 Å². The van der Waals surface area contributed by atoms with Crippen molar-refractivity contribution in [3.63, 3.8) is 0 Å². The predicted octanol–water partition coefficient (Wildman–Crippen LogP) is 2.50. The molecule has 0 radical (unpaired) electrons. The molecule has 0 aliphatic heterocycles. The number of aromatic nitrogens is 2. The third-order valence-electron chi connectivity index (χ3n) is 2.88. The minimum atomic E-state index is 0.526. The van der Waals surface area contributed by atoms with Crippen molar-refractivity contribution in [3.05, 3.63) is 42.2 Å². The first kappa shape index (κ1) is 11.9. The SMILES string of the molecule is C=C(CN)Cn1c(CCC)nc2ccccc21. The van der Waals surface area contributed by atoms with E-state index in [9.17, 15) is 0 Å². The van der Waals surface area contributed by atoms with Crippen molar-refractivity contribution >= 4 is 11.0 Å². The van der Waals surface area contributed by atoms with Gasteiger partial charge >= 0.3 is 0 Å². The van der Waals surface area contributed by atoms with E-state index >= 15 is 0 Å². The van der Waals surface area contributed by atoms with Crippen LogP contribution in [0.2, 0.25) is 0 Å². The van der Waals surface area contributed by atoms with Crippen LogP contribution >= 0.6 is 0 Å². The molecule has 0 bridgehead atoms. The molecule has 0 spiro atoms. The molecular formula is C14H19N3. The van der Waals surface area contributed by atoms with Crippen molar-refractivity contribution in [1.29, 1.82) is 0 Å². The first-order valence-corrected chi connectivity index (χ1v) is 6.07. The second-order valence-corrected chi connectivity index (χ2v) is 4.31. The lowest BCUT2D eigenvalue weighted by Crippen LogP contribution is -2.11. The molecule has 2 rings (SSSR count). The van der Waals surface area contributed by atoms with Gasteiger partial charge in [0.25, 0.3) is 0 Å². The van der Waals surface area contributed by atoms with E-state index in [2.05, 4.69) is 35.2 Å². The summed E-state index contributed by atoms with van der Waals surface area (Å²) >= 11 is 0. The average molecular weight is 229 g/mol. The molecule has 0 saturated heterocycles. The number of fused-ring (bicyclic) bond motifs is 1. The van der Waals surface area contributed by atoms with Crippen LogP contribution in [-0.2, 0) is 13.0 Å². The quantitative estimate of drug-likeness (QED) is 0.801. The number of rotatable bonds is 5. The minimum Gasteiger partial charge on any atom is -0.327 e. The van der Waals surface area contributed by atoms with Gasteiger partial charge in [-0.2, -0.15) is 0 Å². The normalized spacial score (nSPS) is 10.9. The summed E-state index contributed by atoms with van der Waals surface area (Å²) in [6.07, 6.45) is 2.09. The van der Waals surface area contributed by atoms with Gasteiger partial charge in [0.2, 0.25) is 0 Å². The molecule has 0 aliphatic carbocycles. The lowest BCUT2D eigenvalue weighted by atomic mass is 10.2. The van der Waals surface area contributed by atoms with E-state index in [1.54, 1.807) is 0 Å². The molecule has 2 N–H and O–H groups in total. The number of benzene rings is 1. The van der Waals surface area contributed by atoms with Crippen molar-refractivity contribution in [2.45, 2.75) is 26.3 Å². The zero-order valence-corrected chi connectivity index (χ0v) is 10.3. The molecule has 3 heteroatoms. The van der Waals surface area contributed by atoms with E-state index in [0.717, 1.165) is 36.3 Å². The van der Waals surface area contributed by atoms with E-state index in [1.165, 1.54) is 5.52 Å². The molecule has 2 aromatic rings. The maximum absolute atomic E-state index is 5.62. The van der Waals surface area contributed by atoms with E-state index in [0.29, 0.717) is 6.54 Å². The highest BCUT2D eigenvalue weighted by molar-refractivity contribution is 5.76. The number of para-hydroxylation sites is 2. The fraction of sp³-hybridized carbons (Fsp3) is 0.357. The van der Waals surface area contributed by atoms with Crippen LogP contribution in [0.4, 0.5) is 0 Å². The second-order valence-electron chi connectivity index (χ2n) is 4.31. The third-order valence-corrected chi connectivity index (χ3v) is 2.88. The summed E-state index contributed by atoms with van der Waals surface area (Å²) in [6.45, 7) is 7.45. The summed E-state index contributed by atoms with van der Waals surface area (Å²) in [4.78, 5) is 4.67. The van der Waals surface area contributed by atoms with Gasteiger partial charge in [0.15, 0.2) is 0 Å². The first-order chi connectivity index (χ1) is 8.26. The lowest BCUT2D eigenvalue weighted by Gasteiger charge is -2.09. The fourth-order valence-electron chi connectivity index (χ4n) is 2.00. The highest BCUT2D eigenvalue weighted by Gasteiger charge is 2.09. The Balaban J connectivity index is 2.47. The molecule has 17 heavy (non-hydrogen) atoms. The number of nitrogens with zero attached hydrogens (tertiary/aromatic N) is 2. The molecule has 1 aromatic carbocycles. The Kier molecular flexibility index (Phi) is 3.59. The molecular weight excluding hydrogens is 210 g/mol. The van der Waals surface area contributed by atoms with Gasteiger partial charge < -0.3 is 10.3 Å². The number of imidazole rings is 1. The molecule has 0 saturated carbocycles. The minimum absolute atomic E-state index is 0.526. The van der Waals surface area contributed by atoms with Crippen LogP contribution < -0.4 is 5.73 Å². The fourth-order valence-corrected chi connectivity index (χ4v) is 2.00. The Labute approximate surface area is 102 Å². The van der Waals surface area contributed by atoms with Gasteiger partial charge in [-0.1, -0.05) is 25.6 Å². The lowest BCUT2D eigenvalue weighted by molar-refractivity contribution is 0.708. The Bertz CT molecular complexity index is 525. The van der Waals surface area contributed by atoms with Crippen LogP contribution in [0.15, 0.2) is 36.4 Å². The van der Waals surface area contributed by atoms with Crippen molar-refractivity contribution in [2.24, 2.45) is 5.73 Å². The van der Waals surface area contributed by atoms with Crippen LogP contribution in [0.25, 0.3) is 11.0 Å². The summed E-state index contributed by atoms with van der Waals surface area (Å²) < 4.78 is 2.23. The van der Waals surface area contributed by atoms with E-state index in [-0.39, 0.29) is 0 Å². The van der Waals surface area contributed by atoms with Crippen molar-refractivity contribution in [3.8, 4) is 0 Å². The average Bonchev–Trinajstić information content (AvgIpc) is 2.68. The van der Waals surface area contributed by atoms with Gasteiger partial charge in [0.1, 0.15) is 5.82 Å². The van der Waals surface area contributed by atoms with Crippen LogP contribution in [0.5, 0.6) is 0 Å². The number of hydrogen-bond donors (Lipinski definition) is 1. The maximum Gasteiger partial charge on any atom is 0.110 e. The highest BCUT2D eigenvalue weighted by Crippen LogP contribution is 2.18. The smallest absolute Gasteiger partial charge is 0.110 e. The van der Waals surface area contributed by atoms with Crippen LogP contribution in [0.1, 0.15) is 19.2 Å². The Hall–Kier alpha value is -1.61. The van der Waals surface area contributed by atoms with Gasteiger partial charge in [-0.05, 0) is 24.1 Å². The predicted molar refractivity (Wildman–Crippen MR) is 71.9 cm³/mol. The molecule has 0 fully saturated rings. The summed E-state index contributed by atoms with van der Waals surface area (Å²) in [5.41, 5.74) is 8.88. The number of nitrogens with two attached hydrogens (primary N) is 1. The Morgan fingerprint density at radius 1 is 1.41 bits per heavy atom. The molecule has 1 aromatic heterocycles. The maximum atomic E-state index is 5.62. The summed E-state index contributed by atoms with van der Waals surface area (Å²) in [6, 6.07) is 8.22. The zero-order valence-electron chi connectivity index (χ0n) is 10.3. The Morgan fingerprint density at radius 3 is 2.88 bits per heavy atom. The highest BCUT2D eigenvalue weighted by atomic mass is 15.1. The van der Waals surface area contributed by atoms with Crippen molar-refractivity contribution in [1.82, 2.24) is 9.55 Å². The molecule has 0 atom stereocenters. The van der Waals surface area contributed by atoms with E-state index in [4.69, 9.17) is 5.73 Å². The second kappa shape index (κ2) is 5.15. The summed E-state index contributed by atoms with van der Waals surface area (Å²) in [7, 11) is 0. The van der Waals surface area contributed by atoms with E-state index in [1.807, 2.05) is 12.1 Å². The summed E-state index contributed by atoms with van der Waals surface area (Å²) in [5.74, 6) is 1.13. The molecule has 0 aliphatic rings. The topological polar surface area (TPSA) is 43.8 Å². The van der Waals surface area contributed by atoms with Gasteiger partial charge in [-0.15, -0.1) is 0 Å². The number of aryl methyl sites for hydroxylation is 1. The first-order valence-electron chi connectivity index (χ1n) is 6.07. The van der Waals surface area contributed by atoms with Gasteiger partial charge in [0, 0.05) is 19.5 Å². The van der Waals surface area contributed by atoms with Crippen LogP contribution in [-0.4, -0.2) is 16.1 Å². The van der Waals surface area contributed by atoms with Gasteiger partial charge in [-0.3, -0.25) is 0 Å². The molecule has 90 valence electrons. The van der Waals surface area contributed by atoms with Crippen LogP contribution in [0.3, 0.4) is 0 Å². The molecule has 3 nitrogen and oxygen atoms in total. The third kappa shape index (κ3) is 2.39. The van der Waals surface area contributed by atoms with Crippen molar-refractivity contribution in [2.75, 3.05) is 6.54 Å². The number of hydrogen-bond acceptors (Lipinski definition) is 2. The standard InChI is InChI=1S/C14H19N3/c1-3-6-14-16-12-7-4-5-8-13(12)17(14)10-11(2)9-15/h4-5,7-8H,2-3,6,9-10,15H2,1H3. The molecule has 0 unspecified atom stereocenters. The van der Waals surface area contributed by atoms with Gasteiger partial charge in [0.05, 0.1) is 11.0 Å². The zero-order chi connectivity index (χ0) is 12.3. The van der Waals surface area contributed by atoms with Crippen molar-refractivity contribution < 1.29 is 0 Å². The molecule has 0 amide bonds. The van der Waals surface area contributed by atoms with E-state index < -0.39 is 0 Å². The monoisotopic (exact) mass is 229 g/mol. The molecule has 1 heterocycles. The Morgan fingerprint density at radius 2 is 2.18 bits per heavy atom. The van der Waals surface area contributed by atoms with Gasteiger partial charge in [-0.25, -0.2) is 4.98 Å².